The summed E-state index contributed by atoms with van der Waals surface area (Å²) >= 11 is 0. The van der Waals surface area contributed by atoms with Crippen LogP contribution in [0.1, 0.15) is 51.2 Å². The largest absolute Gasteiger partial charge is 0.493 e. The quantitative estimate of drug-likeness (QED) is 0.819. The van der Waals surface area contributed by atoms with Gasteiger partial charge in [0.15, 0.2) is 0 Å². The van der Waals surface area contributed by atoms with Crippen LogP contribution in [0.5, 0.6) is 5.75 Å². The summed E-state index contributed by atoms with van der Waals surface area (Å²) in [6.45, 7) is 9.78. The van der Waals surface area contributed by atoms with E-state index in [1.165, 1.54) is 5.56 Å². The van der Waals surface area contributed by atoms with Gasteiger partial charge in [0.2, 0.25) is 11.8 Å². The molecule has 0 atom stereocenters. The molecule has 0 N–H and O–H groups in total. The first-order valence-electron chi connectivity index (χ1n) is 10.1. The summed E-state index contributed by atoms with van der Waals surface area (Å²) in [5.74, 6) is 1.31. The summed E-state index contributed by atoms with van der Waals surface area (Å²) in [4.78, 5) is 29.1. The molecule has 5 nitrogen and oxygen atoms in total. The maximum atomic E-state index is 12.8. The second-order valence-corrected chi connectivity index (χ2v) is 8.92. The Balaban J connectivity index is 1.56. The number of carbonyl (C=O) groups is 2. The molecule has 2 amide bonds. The van der Waals surface area contributed by atoms with Crippen LogP contribution in [-0.4, -0.2) is 54.4 Å². The molecule has 27 heavy (non-hydrogen) atoms. The molecule has 148 valence electrons. The lowest BCUT2D eigenvalue weighted by Crippen LogP contribution is -2.38. The number of rotatable bonds is 3. The molecule has 0 radical (unpaired) electrons. The molecule has 0 bridgehead atoms. The van der Waals surface area contributed by atoms with E-state index in [4.69, 9.17) is 4.74 Å². The summed E-state index contributed by atoms with van der Waals surface area (Å²) in [5, 5.41) is 0. The van der Waals surface area contributed by atoms with Crippen molar-refractivity contribution in [3.63, 3.8) is 0 Å². The Morgan fingerprint density at radius 3 is 2.41 bits per heavy atom. The van der Waals surface area contributed by atoms with E-state index in [1.807, 2.05) is 21.9 Å². The molecular weight excluding hydrogens is 340 g/mol. The molecule has 5 heteroatoms. The van der Waals surface area contributed by atoms with E-state index in [2.05, 4.69) is 26.8 Å². The van der Waals surface area contributed by atoms with E-state index in [0.717, 1.165) is 50.3 Å². The zero-order valence-corrected chi connectivity index (χ0v) is 16.9. The second kappa shape index (κ2) is 8.32. The van der Waals surface area contributed by atoms with Crippen molar-refractivity contribution in [1.82, 2.24) is 9.80 Å². The molecule has 2 heterocycles. The number of amides is 2. The Bertz CT molecular complexity index is 693. The lowest BCUT2D eigenvalue weighted by atomic mass is 9.91. The van der Waals surface area contributed by atoms with Gasteiger partial charge in [-0.15, -0.1) is 0 Å². The predicted molar refractivity (Wildman–Crippen MR) is 106 cm³/mol. The number of hydrogen-bond acceptors (Lipinski definition) is 3. The first-order chi connectivity index (χ1) is 12.8. The van der Waals surface area contributed by atoms with E-state index in [9.17, 15) is 9.59 Å². The highest BCUT2D eigenvalue weighted by Crippen LogP contribution is 2.26. The van der Waals surface area contributed by atoms with Gasteiger partial charge in [-0.2, -0.15) is 0 Å². The number of benzene rings is 1. The van der Waals surface area contributed by atoms with Crippen LogP contribution in [0.2, 0.25) is 0 Å². The van der Waals surface area contributed by atoms with Crippen molar-refractivity contribution in [2.45, 2.75) is 52.9 Å². The van der Waals surface area contributed by atoms with Crippen LogP contribution in [0.4, 0.5) is 0 Å². The number of fused-ring (bicyclic) bond motifs is 1. The monoisotopic (exact) mass is 372 g/mol. The summed E-state index contributed by atoms with van der Waals surface area (Å²) in [6.07, 6.45) is 3.88. The third-order valence-corrected chi connectivity index (χ3v) is 5.21. The third kappa shape index (κ3) is 5.47. The standard InChI is InChI=1S/C22H32N2O3/c1-22(2,3)16-21(26)24-10-5-9-23(11-12-24)20(25)15-17-7-8-19-18(14-17)6-4-13-27-19/h7-8,14H,4-6,9-13,15-16H2,1-3H3. The first kappa shape index (κ1) is 19.7. The highest BCUT2D eigenvalue weighted by atomic mass is 16.5. The van der Waals surface area contributed by atoms with E-state index in [0.29, 0.717) is 25.9 Å². The maximum absolute atomic E-state index is 12.8. The molecule has 2 aliphatic rings. The summed E-state index contributed by atoms with van der Waals surface area (Å²) < 4.78 is 5.65. The van der Waals surface area contributed by atoms with Gasteiger partial charge in [0, 0.05) is 32.6 Å². The fourth-order valence-corrected chi connectivity index (χ4v) is 3.79. The minimum absolute atomic E-state index is 0.00490. The van der Waals surface area contributed by atoms with Crippen LogP contribution in [-0.2, 0) is 22.4 Å². The van der Waals surface area contributed by atoms with Crippen molar-refractivity contribution in [3.05, 3.63) is 29.3 Å². The Hall–Kier alpha value is -2.04. The molecule has 1 aromatic rings. The molecule has 0 saturated carbocycles. The zero-order chi connectivity index (χ0) is 19.4. The molecule has 1 aromatic carbocycles. The van der Waals surface area contributed by atoms with E-state index in [-0.39, 0.29) is 17.2 Å². The summed E-state index contributed by atoms with van der Waals surface area (Å²) in [7, 11) is 0. The molecule has 1 saturated heterocycles. The van der Waals surface area contributed by atoms with Crippen molar-refractivity contribution < 1.29 is 14.3 Å². The maximum Gasteiger partial charge on any atom is 0.227 e. The minimum Gasteiger partial charge on any atom is -0.493 e. The molecule has 0 aliphatic carbocycles. The zero-order valence-electron chi connectivity index (χ0n) is 16.9. The Labute approximate surface area is 162 Å². The van der Waals surface area contributed by atoms with Crippen molar-refractivity contribution in [3.8, 4) is 5.75 Å². The number of aryl methyl sites for hydroxylation is 1. The van der Waals surface area contributed by atoms with Gasteiger partial charge < -0.3 is 14.5 Å². The number of carbonyl (C=O) groups excluding carboxylic acids is 2. The van der Waals surface area contributed by atoms with Crippen LogP contribution in [0.3, 0.4) is 0 Å². The smallest absolute Gasteiger partial charge is 0.227 e. The van der Waals surface area contributed by atoms with Gasteiger partial charge >= 0.3 is 0 Å². The molecular formula is C22H32N2O3. The molecule has 2 aliphatic heterocycles. The molecule has 0 unspecified atom stereocenters. The summed E-state index contributed by atoms with van der Waals surface area (Å²) in [5.41, 5.74) is 2.25. The van der Waals surface area contributed by atoms with E-state index in [1.54, 1.807) is 0 Å². The van der Waals surface area contributed by atoms with Gasteiger partial charge in [0.1, 0.15) is 5.75 Å². The van der Waals surface area contributed by atoms with Crippen LogP contribution in [0, 0.1) is 5.41 Å². The van der Waals surface area contributed by atoms with E-state index < -0.39 is 0 Å². The van der Waals surface area contributed by atoms with Crippen LogP contribution in [0.25, 0.3) is 0 Å². The Morgan fingerprint density at radius 2 is 1.70 bits per heavy atom. The highest BCUT2D eigenvalue weighted by molar-refractivity contribution is 5.79. The van der Waals surface area contributed by atoms with Gasteiger partial charge in [-0.05, 0) is 41.9 Å². The third-order valence-electron chi connectivity index (χ3n) is 5.21. The molecule has 0 spiro atoms. The lowest BCUT2D eigenvalue weighted by molar-refractivity contribution is -0.134. The van der Waals surface area contributed by atoms with Gasteiger partial charge in [-0.25, -0.2) is 0 Å². The molecule has 3 rings (SSSR count). The van der Waals surface area contributed by atoms with Crippen LogP contribution in [0.15, 0.2) is 18.2 Å². The average molecular weight is 373 g/mol. The van der Waals surface area contributed by atoms with Crippen molar-refractivity contribution in [2.75, 3.05) is 32.8 Å². The second-order valence-electron chi connectivity index (χ2n) is 8.92. The van der Waals surface area contributed by atoms with Crippen molar-refractivity contribution in [2.24, 2.45) is 5.41 Å². The number of ether oxygens (including phenoxy) is 1. The average Bonchev–Trinajstić information content (AvgIpc) is 2.86. The normalized spacial score (nSPS) is 17.7. The van der Waals surface area contributed by atoms with Crippen LogP contribution < -0.4 is 4.74 Å². The molecule has 0 aromatic heterocycles. The van der Waals surface area contributed by atoms with Crippen LogP contribution >= 0.6 is 0 Å². The predicted octanol–water partition coefficient (Wildman–Crippen LogP) is 3.05. The SMILES string of the molecule is CC(C)(C)CC(=O)N1CCCN(C(=O)Cc2ccc3c(c2)CCCO3)CC1. The van der Waals surface area contributed by atoms with E-state index >= 15 is 0 Å². The van der Waals surface area contributed by atoms with Gasteiger partial charge in [-0.3, -0.25) is 9.59 Å². The fourth-order valence-electron chi connectivity index (χ4n) is 3.79. The highest BCUT2D eigenvalue weighted by Gasteiger charge is 2.25. The van der Waals surface area contributed by atoms with Gasteiger partial charge in [0.05, 0.1) is 13.0 Å². The number of nitrogens with zero attached hydrogens (tertiary/aromatic N) is 2. The fraction of sp³-hybridized carbons (Fsp3) is 0.636. The van der Waals surface area contributed by atoms with Crippen molar-refractivity contribution >= 4 is 11.8 Å². The van der Waals surface area contributed by atoms with Gasteiger partial charge in [0.25, 0.3) is 0 Å². The number of hydrogen-bond donors (Lipinski definition) is 0. The summed E-state index contributed by atoms with van der Waals surface area (Å²) in [6, 6.07) is 6.11. The minimum atomic E-state index is -0.00490. The topological polar surface area (TPSA) is 49.9 Å². The Morgan fingerprint density at radius 1 is 1.00 bits per heavy atom. The Kier molecular flexibility index (Phi) is 6.08. The molecule has 1 fully saturated rings. The van der Waals surface area contributed by atoms with Gasteiger partial charge in [-0.1, -0.05) is 32.9 Å². The lowest BCUT2D eigenvalue weighted by Gasteiger charge is -2.26. The van der Waals surface area contributed by atoms with Crippen molar-refractivity contribution in [1.29, 1.82) is 0 Å². The first-order valence-corrected chi connectivity index (χ1v) is 10.1.